The number of carbonyl (C=O) groups is 1. The van der Waals surface area contributed by atoms with Gasteiger partial charge in [0.25, 0.3) is 5.91 Å². The van der Waals surface area contributed by atoms with Crippen molar-refractivity contribution in [1.29, 1.82) is 0 Å². The molecular formula is C22H29N5O4S. The molecular weight excluding hydrogens is 430 g/mol. The zero-order valence-electron chi connectivity index (χ0n) is 18.9. The lowest BCUT2D eigenvalue weighted by atomic mass is 10.3. The Morgan fingerprint density at radius 3 is 2.59 bits per heavy atom. The number of anilines is 1. The smallest absolute Gasteiger partial charge is 0.278 e. The second kappa shape index (κ2) is 9.85. The van der Waals surface area contributed by atoms with E-state index in [1.165, 1.54) is 11.3 Å². The second-order valence-corrected chi connectivity index (χ2v) is 8.79. The molecule has 0 aliphatic carbocycles. The number of aromatic nitrogens is 3. The van der Waals surface area contributed by atoms with Gasteiger partial charge in [-0.1, -0.05) is 11.3 Å². The van der Waals surface area contributed by atoms with Crippen molar-refractivity contribution in [2.45, 2.75) is 19.9 Å². The maximum absolute atomic E-state index is 13.7. The number of nitrogens with zero attached hydrogens (tertiary/aromatic N) is 5. The van der Waals surface area contributed by atoms with Crippen LogP contribution < -0.4 is 14.4 Å². The average molecular weight is 460 g/mol. The van der Waals surface area contributed by atoms with Crippen LogP contribution in [-0.2, 0) is 4.74 Å². The van der Waals surface area contributed by atoms with E-state index in [0.29, 0.717) is 47.6 Å². The Balaban J connectivity index is 1.72. The number of hydrogen-bond donors (Lipinski definition) is 0. The Morgan fingerprint density at radius 2 is 1.91 bits per heavy atom. The molecule has 3 heterocycles. The molecule has 1 aliphatic heterocycles. The number of morpholine rings is 1. The predicted octanol–water partition coefficient (Wildman–Crippen LogP) is 3.07. The third-order valence-electron chi connectivity index (χ3n) is 5.50. The molecule has 1 aliphatic rings. The number of fused-ring (bicyclic) bond motifs is 1. The van der Waals surface area contributed by atoms with E-state index >= 15 is 0 Å². The van der Waals surface area contributed by atoms with Crippen molar-refractivity contribution >= 4 is 32.6 Å². The third kappa shape index (κ3) is 4.43. The Hall–Kier alpha value is -2.69. The summed E-state index contributed by atoms with van der Waals surface area (Å²) in [5.41, 5.74) is 1.23. The molecule has 0 radical (unpaired) electrons. The van der Waals surface area contributed by atoms with Gasteiger partial charge < -0.3 is 14.2 Å². The Labute approximate surface area is 191 Å². The Kier molecular flexibility index (Phi) is 6.92. The molecule has 32 heavy (non-hydrogen) atoms. The zero-order valence-corrected chi connectivity index (χ0v) is 19.7. The van der Waals surface area contributed by atoms with Crippen molar-refractivity contribution in [3.63, 3.8) is 0 Å². The van der Waals surface area contributed by atoms with Crippen molar-refractivity contribution in [2.24, 2.45) is 0 Å². The van der Waals surface area contributed by atoms with Crippen LogP contribution in [0, 0.1) is 0 Å². The van der Waals surface area contributed by atoms with Crippen LogP contribution in [-0.4, -0.2) is 79.2 Å². The molecule has 0 bridgehead atoms. The summed E-state index contributed by atoms with van der Waals surface area (Å²) < 4.78 is 19.1. The molecule has 1 fully saturated rings. The van der Waals surface area contributed by atoms with Gasteiger partial charge in [0.15, 0.2) is 5.13 Å². The molecule has 0 N–H and O–H groups in total. The van der Waals surface area contributed by atoms with Gasteiger partial charge in [-0.3, -0.25) is 19.3 Å². The predicted molar refractivity (Wildman–Crippen MR) is 124 cm³/mol. The molecule has 4 rings (SSSR count). The topological polar surface area (TPSA) is 82.0 Å². The molecule has 9 nitrogen and oxygen atoms in total. The molecule has 0 spiro atoms. The van der Waals surface area contributed by atoms with Crippen LogP contribution in [0.15, 0.2) is 24.4 Å². The Morgan fingerprint density at radius 1 is 1.19 bits per heavy atom. The van der Waals surface area contributed by atoms with Crippen molar-refractivity contribution in [2.75, 3.05) is 58.5 Å². The summed E-state index contributed by atoms with van der Waals surface area (Å²) >= 11 is 1.43. The summed E-state index contributed by atoms with van der Waals surface area (Å²) in [6.45, 7) is 8.39. The molecule has 0 unspecified atom stereocenters. The highest BCUT2D eigenvalue weighted by atomic mass is 32.1. The quantitative estimate of drug-likeness (QED) is 0.512. The lowest BCUT2D eigenvalue weighted by Crippen LogP contribution is -2.43. The molecule has 0 saturated carbocycles. The number of amides is 1. The van der Waals surface area contributed by atoms with Gasteiger partial charge in [-0.2, -0.15) is 5.10 Å². The van der Waals surface area contributed by atoms with Crippen molar-refractivity contribution < 1.29 is 19.0 Å². The van der Waals surface area contributed by atoms with E-state index in [9.17, 15) is 4.79 Å². The molecule has 1 amide bonds. The SMILES string of the molecule is COc1ccc(OC)c2sc(N(CCN3CCOCC3)C(=O)c3ccnn3C(C)C)nc12. The van der Waals surface area contributed by atoms with Crippen LogP contribution in [0.1, 0.15) is 30.4 Å². The number of ether oxygens (including phenoxy) is 3. The summed E-state index contributed by atoms with van der Waals surface area (Å²) in [6.07, 6.45) is 1.66. The van der Waals surface area contributed by atoms with Crippen molar-refractivity contribution in [1.82, 2.24) is 19.7 Å². The number of benzene rings is 1. The number of hydrogen-bond acceptors (Lipinski definition) is 8. The zero-order chi connectivity index (χ0) is 22.7. The first kappa shape index (κ1) is 22.5. The van der Waals surface area contributed by atoms with E-state index in [1.807, 2.05) is 26.0 Å². The first-order valence-corrected chi connectivity index (χ1v) is 11.5. The maximum Gasteiger partial charge on any atom is 0.278 e. The highest BCUT2D eigenvalue weighted by Gasteiger charge is 2.27. The van der Waals surface area contributed by atoms with Crippen LogP contribution in [0.5, 0.6) is 11.5 Å². The summed E-state index contributed by atoms with van der Waals surface area (Å²) in [5, 5.41) is 4.95. The molecule has 2 aromatic heterocycles. The fraction of sp³-hybridized carbons (Fsp3) is 0.500. The minimum Gasteiger partial charge on any atom is -0.495 e. The molecule has 172 valence electrons. The van der Waals surface area contributed by atoms with Gasteiger partial charge >= 0.3 is 0 Å². The molecule has 3 aromatic rings. The van der Waals surface area contributed by atoms with Crippen LogP contribution >= 0.6 is 11.3 Å². The average Bonchev–Trinajstić information content (AvgIpc) is 3.47. The number of carbonyl (C=O) groups excluding carboxylic acids is 1. The summed E-state index contributed by atoms with van der Waals surface area (Å²) in [7, 11) is 3.24. The third-order valence-corrected chi connectivity index (χ3v) is 6.59. The van der Waals surface area contributed by atoms with E-state index < -0.39 is 0 Å². The lowest BCUT2D eigenvalue weighted by Gasteiger charge is -2.29. The fourth-order valence-electron chi connectivity index (χ4n) is 3.77. The number of thiazole rings is 1. The monoisotopic (exact) mass is 459 g/mol. The molecule has 0 atom stereocenters. The molecule has 1 aromatic carbocycles. The highest BCUT2D eigenvalue weighted by molar-refractivity contribution is 7.22. The van der Waals surface area contributed by atoms with E-state index in [4.69, 9.17) is 19.2 Å². The maximum atomic E-state index is 13.7. The van der Waals surface area contributed by atoms with E-state index in [1.54, 1.807) is 36.1 Å². The van der Waals surface area contributed by atoms with Gasteiger partial charge in [0, 0.05) is 38.4 Å². The van der Waals surface area contributed by atoms with Gasteiger partial charge in [-0.15, -0.1) is 0 Å². The minimum absolute atomic E-state index is 0.0700. The first-order chi connectivity index (χ1) is 15.5. The van der Waals surface area contributed by atoms with Gasteiger partial charge in [0.2, 0.25) is 0 Å². The van der Waals surface area contributed by atoms with Gasteiger partial charge in [-0.25, -0.2) is 4.98 Å². The largest absolute Gasteiger partial charge is 0.495 e. The van der Waals surface area contributed by atoms with Gasteiger partial charge in [0.1, 0.15) is 27.4 Å². The van der Waals surface area contributed by atoms with Crippen molar-refractivity contribution in [3.05, 3.63) is 30.1 Å². The van der Waals surface area contributed by atoms with Gasteiger partial charge in [0.05, 0.1) is 27.4 Å². The summed E-state index contributed by atoms with van der Waals surface area (Å²) in [6, 6.07) is 5.52. The van der Waals surface area contributed by atoms with Gasteiger partial charge in [-0.05, 0) is 32.0 Å². The standard InChI is InChI=1S/C22H29N5O4S/c1-15(2)27-16(7-8-23-27)21(28)26(10-9-25-11-13-31-14-12-25)22-24-19-17(29-3)5-6-18(30-4)20(19)32-22/h5-8,15H,9-14H2,1-4H3. The normalized spacial score (nSPS) is 14.8. The van der Waals surface area contributed by atoms with E-state index in [2.05, 4.69) is 10.00 Å². The van der Waals surface area contributed by atoms with Crippen LogP contribution in [0.25, 0.3) is 10.2 Å². The number of methoxy groups -OCH3 is 2. The fourth-order valence-corrected chi connectivity index (χ4v) is 4.87. The summed E-state index contributed by atoms with van der Waals surface area (Å²) in [5.74, 6) is 1.23. The first-order valence-electron chi connectivity index (χ1n) is 10.7. The minimum atomic E-state index is -0.124. The summed E-state index contributed by atoms with van der Waals surface area (Å²) in [4.78, 5) is 22.6. The molecule has 1 saturated heterocycles. The number of rotatable bonds is 8. The van der Waals surface area contributed by atoms with Crippen LogP contribution in [0.4, 0.5) is 5.13 Å². The van der Waals surface area contributed by atoms with E-state index in [0.717, 1.165) is 24.3 Å². The van der Waals surface area contributed by atoms with Crippen molar-refractivity contribution in [3.8, 4) is 11.5 Å². The Bertz CT molecular complexity index is 1030. The van der Waals surface area contributed by atoms with E-state index in [-0.39, 0.29) is 11.9 Å². The molecule has 10 heteroatoms. The second-order valence-electron chi connectivity index (χ2n) is 7.81. The highest BCUT2D eigenvalue weighted by Crippen LogP contribution is 2.40. The van der Waals surface area contributed by atoms with Crippen LogP contribution in [0.3, 0.4) is 0 Å². The van der Waals surface area contributed by atoms with Crippen LogP contribution in [0.2, 0.25) is 0 Å². The lowest BCUT2D eigenvalue weighted by molar-refractivity contribution is 0.0391.